The Bertz CT molecular complexity index is 791. The number of carbonyl (C=O) groups is 2. The molecule has 2 rings (SSSR count). The van der Waals surface area contributed by atoms with Crippen molar-refractivity contribution in [3.05, 3.63) is 59.7 Å². The van der Waals surface area contributed by atoms with Crippen LogP contribution in [0, 0.1) is 5.92 Å². The Balaban J connectivity index is 1.99. The summed E-state index contributed by atoms with van der Waals surface area (Å²) in [6.45, 7) is 6.81. The zero-order valence-corrected chi connectivity index (χ0v) is 17.6. The Hall–Kier alpha value is -2.31. The van der Waals surface area contributed by atoms with Gasteiger partial charge in [0.15, 0.2) is 6.54 Å². The summed E-state index contributed by atoms with van der Waals surface area (Å²) in [4.78, 5) is 24.4. The summed E-state index contributed by atoms with van der Waals surface area (Å²) in [6, 6.07) is 16.3. The van der Waals surface area contributed by atoms with Crippen LogP contribution in [0.5, 0.6) is 0 Å². The Morgan fingerprint density at radius 2 is 1.79 bits per heavy atom. The van der Waals surface area contributed by atoms with E-state index in [9.17, 15) is 9.59 Å². The monoisotopic (exact) mass is 400 g/mol. The molecule has 0 aliphatic heterocycles. The van der Waals surface area contributed by atoms with Crippen LogP contribution < -0.4 is 16.4 Å². The number of rotatable bonds is 10. The molecule has 0 heterocycles. The molecule has 2 aromatic carbocycles. The first-order valence-electron chi connectivity index (χ1n) is 9.62. The van der Waals surface area contributed by atoms with Crippen molar-refractivity contribution >= 4 is 29.3 Å². The summed E-state index contributed by atoms with van der Waals surface area (Å²) in [7, 11) is 0. The first-order valence-corrected chi connectivity index (χ1v) is 10.6. The molecule has 2 aromatic rings. The predicted octanol–water partition coefficient (Wildman–Crippen LogP) is 2.73. The molecule has 5 nitrogen and oxygen atoms in total. The zero-order valence-electron chi connectivity index (χ0n) is 16.8. The minimum Gasteiger partial charge on any atom is -0.369 e. The van der Waals surface area contributed by atoms with E-state index in [2.05, 4.69) is 55.7 Å². The summed E-state index contributed by atoms with van der Waals surface area (Å²) in [5, 5.41) is 5.04. The van der Waals surface area contributed by atoms with Gasteiger partial charge in [0.25, 0.3) is 5.91 Å². The van der Waals surface area contributed by atoms with Gasteiger partial charge < -0.3 is 16.4 Å². The van der Waals surface area contributed by atoms with E-state index in [4.69, 9.17) is 5.73 Å². The molecule has 0 saturated heterocycles. The third kappa shape index (κ3) is 6.69. The third-order valence-corrected chi connectivity index (χ3v) is 5.68. The van der Waals surface area contributed by atoms with E-state index in [1.54, 1.807) is 0 Å². The minimum absolute atomic E-state index is 0.0667. The Labute approximate surface area is 171 Å². The number of nitrogens with one attached hydrogen (secondary N) is 1. The molecule has 0 aliphatic carbocycles. The van der Waals surface area contributed by atoms with Gasteiger partial charge in [-0.1, -0.05) is 57.2 Å². The number of thioether (sulfide) groups is 1. The highest BCUT2D eigenvalue weighted by Crippen LogP contribution is 2.26. The van der Waals surface area contributed by atoms with Crippen LogP contribution in [0.25, 0.3) is 0 Å². The topological polar surface area (TPSA) is 88.8 Å². The van der Waals surface area contributed by atoms with Crippen LogP contribution in [0.1, 0.15) is 37.9 Å². The van der Waals surface area contributed by atoms with Crippen molar-refractivity contribution in [1.82, 2.24) is 0 Å². The molecular formula is C22H30N3O2S+. The van der Waals surface area contributed by atoms with Crippen molar-refractivity contribution in [2.75, 3.05) is 17.6 Å². The smallest absolute Gasteiger partial charge is 0.279 e. The average molecular weight is 401 g/mol. The summed E-state index contributed by atoms with van der Waals surface area (Å²) in [6.07, 6.45) is 1.02. The summed E-state index contributed by atoms with van der Waals surface area (Å²) < 4.78 is 0. The molecule has 0 aromatic heterocycles. The Morgan fingerprint density at radius 1 is 1.11 bits per heavy atom. The quantitative estimate of drug-likeness (QED) is 0.536. The number of carbonyl (C=O) groups excluding carboxylic acids is 2. The van der Waals surface area contributed by atoms with Gasteiger partial charge in [0.05, 0.1) is 11.4 Å². The Morgan fingerprint density at radius 3 is 2.39 bits per heavy atom. The van der Waals surface area contributed by atoms with Gasteiger partial charge in [-0.25, -0.2) is 0 Å². The van der Waals surface area contributed by atoms with Crippen LogP contribution in [0.4, 0.5) is 5.69 Å². The first-order chi connectivity index (χ1) is 13.4. The van der Waals surface area contributed by atoms with Gasteiger partial charge in [0.2, 0.25) is 5.91 Å². The molecular weight excluding hydrogens is 370 g/mol. The second-order valence-electron chi connectivity index (χ2n) is 7.10. The van der Waals surface area contributed by atoms with Crippen molar-refractivity contribution < 1.29 is 14.9 Å². The summed E-state index contributed by atoms with van der Waals surface area (Å²) in [5.41, 5.74) is 8.48. The van der Waals surface area contributed by atoms with Gasteiger partial charge in [-0.3, -0.25) is 9.59 Å². The summed E-state index contributed by atoms with van der Waals surface area (Å²) >= 11 is 1.33. The predicted molar refractivity (Wildman–Crippen MR) is 115 cm³/mol. The number of hydrogen-bond acceptors (Lipinski definition) is 3. The lowest BCUT2D eigenvalue weighted by Crippen LogP contribution is -2.88. The highest BCUT2D eigenvalue weighted by Gasteiger charge is 2.20. The molecule has 2 amide bonds. The number of para-hydroxylation sites is 1. The molecule has 0 saturated carbocycles. The molecule has 1 atom stereocenters. The van der Waals surface area contributed by atoms with Gasteiger partial charge in [-0.2, -0.15) is 0 Å². The van der Waals surface area contributed by atoms with E-state index in [1.165, 1.54) is 22.9 Å². The zero-order chi connectivity index (χ0) is 20.5. The van der Waals surface area contributed by atoms with Crippen molar-refractivity contribution in [3.63, 3.8) is 0 Å². The maximum absolute atomic E-state index is 12.5. The van der Waals surface area contributed by atoms with E-state index in [-0.39, 0.29) is 23.6 Å². The van der Waals surface area contributed by atoms with Crippen LogP contribution in [-0.2, 0) is 16.0 Å². The van der Waals surface area contributed by atoms with Gasteiger partial charge in [0.1, 0.15) is 6.04 Å². The van der Waals surface area contributed by atoms with Crippen LogP contribution in [0.2, 0.25) is 0 Å². The normalized spacial score (nSPS) is 12.0. The average Bonchev–Trinajstić information content (AvgIpc) is 2.67. The molecule has 150 valence electrons. The number of primary amides is 1. The van der Waals surface area contributed by atoms with Gasteiger partial charge >= 0.3 is 0 Å². The molecule has 0 aliphatic rings. The number of amides is 2. The van der Waals surface area contributed by atoms with Crippen molar-refractivity contribution in [3.8, 4) is 0 Å². The molecule has 0 unspecified atom stereocenters. The van der Waals surface area contributed by atoms with Crippen LogP contribution in [0.15, 0.2) is 53.4 Å². The van der Waals surface area contributed by atoms with E-state index in [0.29, 0.717) is 18.2 Å². The maximum Gasteiger partial charge on any atom is 0.279 e. The number of hydrogen-bond donors (Lipinski definition) is 3. The number of nitrogens with two attached hydrogens (primary N) is 2. The second-order valence-corrected chi connectivity index (χ2v) is 8.12. The molecule has 28 heavy (non-hydrogen) atoms. The third-order valence-electron chi connectivity index (χ3n) is 4.58. The fraction of sp³-hybridized carbons (Fsp3) is 0.364. The molecule has 5 N–H and O–H groups in total. The first kappa shape index (κ1) is 22.0. The lowest BCUT2D eigenvalue weighted by Gasteiger charge is -2.20. The highest BCUT2D eigenvalue weighted by molar-refractivity contribution is 8.00. The minimum atomic E-state index is -0.381. The molecule has 0 radical (unpaired) electrons. The van der Waals surface area contributed by atoms with Crippen molar-refractivity contribution in [1.29, 1.82) is 0 Å². The van der Waals surface area contributed by atoms with E-state index in [0.717, 1.165) is 11.3 Å². The molecule has 0 spiro atoms. The number of anilines is 1. The fourth-order valence-corrected chi connectivity index (χ4v) is 3.80. The largest absolute Gasteiger partial charge is 0.369 e. The standard InChI is InChI=1S/C22H29N3O2S/c1-4-16-9-11-17(12-10-16)22(15(2)3)24-13-21(27)25-18-7-5-6-8-19(18)28-14-20(23)26/h5-12,15,22,24H,4,13-14H2,1-3H3,(H2,23,26)(H,25,27)/p+1/t22-/m1/s1. The number of benzene rings is 2. The fourth-order valence-electron chi connectivity index (χ4n) is 3.05. The number of quaternary nitrogens is 1. The van der Waals surface area contributed by atoms with E-state index in [1.807, 2.05) is 24.3 Å². The molecule has 0 bridgehead atoms. The van der Waals surface area contributed by atoms with Gasteiger partial charge in [-0.15, -0.1) is 11.8 Å². The van der Waals surface area contributed by atoms with E-state index < -0.39 is 0 Å². The lowest BCUT2D eigenvalue weighted by atomic mass is 9.95. The maximum atomic E-state index is 12.5. The van der Waals surface area contributed by atoms with Crippen LogP contribution in [0.3, 0.4) is 0 Å². The van der Waals surface area contributed by atoms with Crippen molar-refractivity contribution in [2.24, 2.45) is 11.7 Å². The second kappa shape index (κ2) is 10.9. The van der Waals surface area contributed by atoms with Crippen molar-refractivity contribution in [2.45, 2.75) is 38.1 Å². The Kier molecular flexibility index (Phi) is 8.54. The number of aryl methyl sites for hydroxylation is 1. The summed E-state index contributed by atoms with van der Waals surface area (Å²) in [5.74, 6) is 0.136. The molecule has 0 fully saturated rings. The van der Waals surface area contributed by atoms with Crippen LogP contribution >= 0.6 is 11.8 Å². The van der Waals surface area contributed by atoms with Crippen LogP contribution in [-0.4, -0.2) is 24.1 Å². The van der Waals surface area contributed by atoms with E-state index >= 15 is 0 Å². The van der Waals surface area contributed by atoms with Gasteiger partial charge in [-0.05, 0) is 24.1 Å². The SMILES string of the molecule is CCc1ccc([C@H]([NH2+]CC(=O)Nc2ccccc2SCC(N)=O)C(C)C)cc1. The molecule has 6 heteroatoms. The van der Waals surface area contributed by atoms with Gasteiger partial charge in [0, 0.05) is 16.4 Å². The lowest BCUT2D eigenvalue weighted by molar-refractivity contribution is -0.692. The highest BCUT2D eigenvalue weighted by atomic mass is 32.2.